The molecule has 0 unspecified atom stereocenters. The van der Waals surface area contributed by atoms with Crippen LogP contribution in [0.4, 0.5) is 5.82 Å². The molecular weight excluding hydrogens is 314 g/mol. The maximum atomic E-state index is 12.2. The fraction of sp³-hybridized carbons (Fsp3) is 0.438. The van der Waals surface area contributed by atoms with Gasteiger partial charge < -0.3 is 10.6 Å². The van der Waals surface area contributed by atoms with Gasteiger partial charge in [0, 0.05) is 37.1 Å². The van der Waals surface area contributed by atoms with Gasteiger partial charge in [0.05, 0.1) is 0 Å². The number of aromatic nitrogens is 3. The van der Waals surface area contributed by atoms with E-state index in [-0.39, 0.29) is 24.2 Å². The molecule has 23 heavy (non-hydrogen) atoms. The normalized spacial score (nSPS) is 15.0. The summed E-state index contributed by atoms with van der Waals surface area (Å²) in [7, 11) is 0. The molecule has 6 nitrogen and oxygen atoms in total. The largest absolute Gasteiger partial charge is 0.317 e. The Morgan fingerprint density at radius 3 is 2.74 bits per heavy atom. The van der Waals surface area contributed by atoms with Crippen LogP contribution >= 0.6 is 12.4 Å². The van der Waals surface area contributed by atoms with Crippen LogP contribution in [0, 0.1) is 5.92 Å². The van der Waals surface area contributed by atoms with Crippen LogP contribution in [0.5, 0.6) is 0 Å². The molecule has 1 saturated heterocycles. The van der Waals surface area contributed by atoms with Gasteiger partial charge in [0.25, 0.3) is 0 Å². The summed E-state index contributed by atoms with van der Waals surface area (Å²) in [5.74, 6) is 0.822. The van der Waals surface area contributed by atoms with Crippen molar-refractivity contribution in [2.24, 2.45) is 5.92 Å². The van der Waals surface area contributed by atoms with E-state index >= 15 is 0 Å². The molecule has 2 N–H and O–H groups in total. The van der Waals surface area contributed by atoms with Crippen molar-refractivity contribution in [2.45, 2.75) is 25.8 Å². The molecule has 1 aliphatic heterocycles. The first kappa shape index (κ1) is 17.4. The summed E-state index contributed by atoms with van der Waals surface area (Å²) in [5.41, 5.74) is 1.23. The average molecular weight is 336 g/mol. The van der Waals surface area contributed by atoms with Crippen LogP contribution in [0.2, 0.25) is 0 Å². The summed E-state index contributed by atoms with van der Waals surface area (Å²) in [5, 5.41) is 10.6. The van der Waals surface area contributed by atoms with Gasteiger partial charge in [0.2, 0.25) is 5.91 Å². The smallest absolute Gasteiger partial charge is 0.228 e. The van der Waals surface area contributed by atoms with Crippen molar-refractivity contribution >= 4 is 24.1 Å². The molecule has 0 bridgehead atoms. The number of nitrogens with zero attached hydrogens (tertiary/aromatic N) is 3. The van der Waals surface area contributed by atoms with E-state index in [4.69, 9.17) is 0 Å². The number of pyridine rings is 1. The Morgan fingerprint density at radius 2 is 2.00 bits per heavy atom. The Balaban J connectivity index is 0.00000192. The molecule has 3 rings (SSSR count). The van der Waals surface area contributed by atoms with Gasteiger partial charge >= 0.3 is 0 Å². The highest BCUT2D eigenvalue weighted by atomic mass is 35.5. The SMILES string of the molecule is Cl.O=C(Nc1ccn(CCc2ccncc2)n1)C1CCNCC1. The standard InChI is InChI=1S/C16H21N5O.ClH/c22-16(14-3-9-18-10-4-14)19-15-6-12-21(20-15)11-5-13-1-7-17-8-2-13;/h1-2,6-8,12,14,18H,3-5,9-11H2,(H,19,20,22);1H. The fourth-order valence-corrected chi connectivity index (χ4v) is 2.66. The van der Waals surface area contributed by atoms with Gasteiger partial charge in [-0.05, 0) is 50.0 Å². The molecule has 0 spiro atoms. The number of amides is 1. The first-order valence-electron chi connectivity index (χ1n) is 7.75. The summed E-state index contributed by atoms with van der Waals surface area (Å²) >= 11 is 0. The highest BCUT2D eigenvalue weighted by molar-refractivity contribution is 5.91. The second kappa shape index (κ2) is 8.64. The lowest BCUT2D eigenvalue weighted by atomic mass is 9.97. The molecule has 1 fully saturated rings. The minimum atomic E-state index is 0. The van der Waals surface area contributed by atoms with E-state index in [2.05, 4.69) is 20.7 Å². The van der Waals surface area contributed by atoms with Crippen molar-refractivity contribution in [2.75, 3.05) is 18.4 Å². The van der Waals surface area contributed by atoms with Crippen molar-refractivity contribution in [1.29, 1.82) is 0 Å². The van der Waals surface area contributed by atoms with Crippen molar-refractivity contribution < 1.29 is 4.79 Å². The number of carbonyl (C=O) groups excluding carboxylic acids is 1. The number of piperidine rings is 1. The summed E-state index contributed by atoms with van der Waals surface area (Å²) in [6, 6.07) is 5.86. The second-order valence-electron chi connectivity index (χ2n) is 5.58. The number of aryl methyl sites for hydroxylation is 2. The van der Waals surface area contributed by atoms with E-state index < -0.39 is 0 Å². The molecule has 2 aromatic heterocycles. The Hall–Kier alpha value is -1.92. The number of anilines is 1. The summed E-state index contributed by atoms with van der Waals surface area (Å²) in [6.45, 7) is 2.62. The molecule has 124 valence electrons. The molecular formula is C16H22ClN5O. The molecule has 0 saturated carbocycles. The molecule has 0 aliphatic carbocycles. The topological polar surface area (TPSA) is 71.8 Å². The maximum Gasteiger partial charge on any atom is 0.228 e. The van der Waals surface area contributed by atoms with Crippen LogP contribution in [0.1, 0.15) is 18.4 Å². The van der Waals surface area contributed by atoms with Crippen molar-refractivity contribution in [3.8, 4) is 0 Å². The Labute approximate surface area is 142 Å². The third-order valence-corrected chi connectivity index (χ3v) is 3.98. The van der Waals surface area contributed by atoms with Crippen molar-refractivity contribution in [3.05, 3.63) is 42.4 Å². The Morgan fingerprint density at radius 1 is 1.26 bits per heavy atom. The number of nitrogens with one attached hydrogen (secondary N) is 2. The Bertz CT molecular complexity index is 610. The van der Waals surface area contributed by atoms with Crippen LogP contribution in [-0.2, 0) is 17.8 Å². The van der Waals surface area contributed by atoms with Gasteiger partial charge in [0.15, 0.2) is 5.82 Å². The molecule has 0 aromatic carbocycles. The number of hydrogen-bond donors (Lipinski definition) is 2. The molecule has 0 atom stereocenters. The van der Waals surface area contributed by atoms with E-state index in [0.717, 1.165) is 38.9 Å². The van der Waals surface area contributed by atoms with Gasteiger partial charge in [-0.3, -0.25) is 14.5 Å². The maximum absolute atomic E-state index is 12.2. The lowest BCUT2D eigenvalue weighted by molar-refractivity contribution is -0.120. The number of halogens is 1. The lowest BCUT2D eigenvalue weighted by Crippen LogP contribution is -2.34. The molecule has 1 aliphatic rings. The predicted octanol–water partition coefficient (Wildman–Crippen LogP) is 1.88. The van der Waals surface area contributed by atoms with Gasteiger partial charge in [-0.1, -0.05) is 0 Å². The van der Waals surface area contributed by atoms with Crippen LogP contribution in [0.25, 0.3) is 0 Å². The molecule has 2 aromatic rings. The van der Waals surface area contributed by atoms with E-state index in [9.17, 15) is 4.79 Å². The van der Waals surface area contributed by atoms with E-state index in [0.29, 0.717) is 5.82 Å². The van der Waals surface area contributed by atoms with Gasteiger partial charge in [-0.25, -0.2) is 0 Å². The number of hydrogen-bond acceptors (Lipinski definition) is 4. The average Bonchev–Trinajstić information content (AvgIpc) is 3.02. The zero-order chi connectivity index (χ0) is 15.2. The first-order valence-corrected chi connectivity index (χ1v) is 7.75. The van der Waals surface area contributed by atoms with Crippen LogP contribution in [0.3, 0.4) is 0 Å². The summed E-state index contributed by atoms with van der Waals surface area (Å²) in [6.07, 6.45) is 8.18. The monoisotopic (exact) mass is 335 g/mol. The lowest BCUT2D eigenvalue weighted by Gasteiger charge is -2.21. The van der Waals surface area contributed by atoms with E-state index in [1.807, 2.05) is 29.1 Å². The highest BCUT2D eigenvalue weighted by Gasteiger charge is 2.21. The van der Waals surface area contributed by atoms with Crippen LogP contribution < -0.4 is 10.6 Å². The minimum Gasteiger partial charge on any atom is -0.317 e. The Kier molecular flexibility index (Phi) is 6.55. The number of rotatable bonds is 5. The predicted molar refractivity (Wildman–Crippen MR) is 91.6 cm³/mol. The zero-order valence-electron chi connectivity index (χ0n) is 12.9. The van der Waals surface area contributed by atoms with Gasteiger partial charge in [-0.15, -0.1) is 12.4 Å². The van der Waals surface area contributed by atoms with Crippen molar-refractivity contribution in [1.82, 2.24) is 20.1 Å². The summed E-state index contributed by atoms with van der Waals surface area (Å²) in [4.78, 5) is 16.2. The van der Waals surface area contributed by atoms with Crippen LogP contribution in [-0.4, -0.2) is 33.8 Å². The quantitative estimate of drug-likeness (QED) is 0.875. The van der Waals surface area contributed by atoms with Gasteiger partial charge in [0.1, 0.15) is 0 Å². The van der Waals surface area contributed by atoms with Crippen LogP contribution in [0.15, 0.2) is 36.8 Å². The van der Waals surface area contributed by atoms with Crippen molar-refractivity contribution in [3.63, 3.8) is 0 Å². The molecule has 0 radical (unpaired) electrons. The third kappa shape index (κ3) is 5.04. The fourth-order valence-electron chi connectivity index (χ4n) is 2.66. The second-order valence-corrected chi connectivity index (χ2v) is 5.58. The van der Waals surface area contributed by atoms with E-state index in [1.54, 1.807) is 12.4 Å². The summed E-state index contributed by atoms with van der Waals surface area (Å²) < 4.78 is 1.86. The van der Waals surface area contributed by atoms with E-state index in [1.165, 1.54) is 5.56 Å². The molecule has 3 heterocycles. The minimum absolute atomic E-state index is 0. The van der Waals surface area contributed by atoms with Gasteiger partial charge in [-0.2, -0.15) is 5.10 Å². The number of carbonyl (C=O) groups is 1. The molecule has 1 amide bonds. The highest BCUT2D eigenvalue weighted by Crippen LogP contribution is 2.14. The third-order valence-electron chi connectivity index (χ3n) is 3.98. The zero-order valence-corrected chi connectivity index (χ0v) is 13.8. The first-order chi connectivity index (χ1) is 10.8. The molecule has 7 heteroatoms.